The first-order chi connectivity index (χ1) is 7.41. The normalized spacial score (nSPS) is 11.8. The van der Waals surface area contributed by atoms with E-state index in [0.29, 0.717) is 5.69 Å². The smallest absolute Gasteiger partial charge is 0.292 e. The third kappa shape index (κ3) is 2.59. The summed E-state index contributed by atoms with van der Waals surface area (Å²) in [6.07, 6.45) is 0. The molecule has 5 N–H and O–H groups in total. The molecular weight excluding hydrogens is 212 g/mol. The van der Waals surface area contributed by atoms with Gasteiger partial charge >= 0.3 is 0 Å². The second-order valence-electron chi connectivity index (χ2n) is 3.30. The molecule has 0 radical (unpaired) electrons. The Hall–Kier alpha value is -2.31. The second kappa shape index (κ2) is 4.47. The lowest BCUT2D eigenvalue weighted by Gasteiger charge is -2.11. The van der Waals surface area contributed by atoms with Crippen LogP contribution in [0, 0.1) is 10.1 Å². The van der Waals surface area contributed by atoms with Crippen molar-refractivity contribution in [3.63, 3.8) is 0 Å². The van der Waals surface area contributed by atoms with Gasteiger partial charge in [0.1, 0.15) is 11.7 Å². The van der Waals surface area contributed by atoms with Gasteiger partial charge in [0.15, 0.2) is 0 Å². The molecule has 1 aromatic rings. The van der Waals surface area contributed by atoms with Crippen LogP contribution in [0.4, 0.5) is 17.1 Å². The van der Waals surface area contributed by atoms with Crippen LogP contribution in [0.15, 0.2) is 18.2 Å². The van der Waals surface area contributed by atoms with Crippen molar-refractivity contribution in [3.8, 4) is 0 Å². The first-order valence-electron chi connectivity index (χ1n) is 4.51. The van der Waals surface area contributed by atoms with E-state index in [1.165, 1.54) is 18.2 Å². The second-order valence-corrected chi connectivity index (χ2v) is 3.30. The van der Waals surface area contributed by atoms with Gasteiger partial charge in [0.05, 0.1) is 4.92 Å². The average Bonchev–Trinajstić information content (AvgIpc) is 2.16. The summed E-state index contributed by atoms with van der Waals surface area (Å²) in [5.74, 6) is -0.517. The molecule has 0 aliphatic rings. The van der Waals surface area contributed by atoms with Crippen molar-refractivity contribution in [2.75, 3.05) is 11.1 Å². The van der Waals surface area contributed by atoms with Gasteiger partial charge in [-0.1, -0.05) is 0 Å². The van der Waals surface area contributed by atoms with Crippen LogP contribution in [0.25, 0.3) is 0 Å². The summed E-state index contributed by atoms with van der Waals surface area (Å²) in [5, 5.41) is 13.3. The van der Waals surface area contributed by atoms with Gasteiger partial charge < -0.3 is 16.8 Å². The highest BCUT2D eigenvalue weighted by atomic mass is 16.6. The Balaban J connectivity index is 2.89. The van der Waals surface area contributed by atoms with E-state index in [0.717, 1.165) is 0 Å². The molecule has 0 fully saturated rings. The maximum Gasteiger partial charge on any atom is 0.292 e. The zero-order valence-corrected chi connectivity index (χ0v) is 8.64. The molecule has 0 saturated heterocycles. The van der Waals surface area contributed by atoms with Gasteiger partial charge in [-0.2, -0.15) is 0 Å². The summed E-state index contributed by atoms with van der Waals surface area (Å²) in [6.45, 7) is 1.58. The number of nitrogen functional groups attached to an aromatic ring is 1. The molecule has 16 heavy (non-hydrogen) atoms. The van der Waals surface area contributed by atoms with E-state index < -0.39 is 16.9 Å². The molecule has 0 saturated carbocycles. The molecule has 1 unspecified atom stereocenters. The molecule has 0 heterocycles. The number of rotatable bonds is 4. The number of primary amides is 1. The average molecular weight is 224 g/mol. The van der Waals surface area contributed by atoms with Crippen molar-refractivity contribution in [2.24, 2.45) is 5.73 Å². The number of nitro groups is 1. The van der Waals surface area contributed by atoms with E-state index in [4.69, 9.17) is 11.5 Å². The number of carbonyl (C=O) groups excluding carboxylic acids is 1. The van der Waals surface area contributed by atoms with Gasteiger partial charge in [-0.3, -0.25) is 14.9 Å². The predicted molar refractivity (Wildman–Crippen MR) is 59.8 cm³/mol. The maximum absolute atomic E-state index is 10.8. The summed E-state index contributed by atoms with van der Waals surface area (Å²) in [4.78, 5) is 20.7. The van der Waals surface area contributed by atoms with Gasteiger partial charge in [0.2, 0.25) is 5.91 Å². The van der Waals surface area contributed by atoms with Gasteiger partial charge in [0, 0.05) is 11.8 Å². The van der Waals surface area contributed by atoms with Crippen molar-refractivity contribution >= 4 is 23.0 Å². The van der Waals surface area contributed by atoms with Gasteiger partial charge in [-0.25, -0.2) is 0 Å². The van der Waals surface area contributed by atoms with Crippen LogP contribution in [0.3, 0.4) is 0 Å². The van der Waals surface area contributed by atoms with Crippen LogP contribution in [-0.2, 0) is 4.79 Å². The lowest BCUT2D eigenvalue weighted by molar-refractivity contribution is -0.383. The SMILES string of the molecule is CC(Nc1ccc([N+](=O)[O-])c(N)c1)C(N)=O. The lowest BCUT2D eigenvalue weighted by atomic mass is 10.2. The topological polar surface area (TPSA) is 124 Å². The molecule has 86 valence electrons. The molecule has 0 spiro atoms. The summed E-state index contributed by atoms with van der Waals surface area (Å²) < 4.78 is 0. The van der Waals surface area contributed by atoms with Crippen LogP contribution < -0.4 is 16.8 Å². The number of hydrogen-bond donors (Lipinski definition) is 3. The summed E-state index contributed by atoms with van der Waals surface area (Å²) >= 11 is 0. The number of hydrogen-bond acceptors (Lipinski definition) is 5. The first kappa shape index (κ1) is 11.8. The molecule has 7 nitrogen and oxygen atoms in total. The van der Waals surface area contributed by atoms with Crippen LogP contribution in [0.5, 0.6) is 0 Å². The largest absolute Gasteiger partial charge is 0.393 e. The molecule has 7 heteroatoms. The Kier molecular flexibility index (Phi) is 3.29. The lowest BCUT2D eigenvalue weighted by Crippen LogP contribution is -2.32. The van der Waals surface area contributed by atoms with Crippen molar-refractivity contribution in [1.29, 1.82) is 0 Å². The number of nitrogens with zero attached hydrogens (tertiary/aromatic N) is 1. The van der Waals surface area contributed by atoms with Crippen molar-refractivity contribution in [2.45, 2.75) is 13.0 Å². The molecule has 0 aromatic heterocycles. The van der Waals surface area contributed by atoms with Crippen LogP contribution in [-0.4, -0.2) is 16.9 Å². The number of amides is 1. The molecule has 0 aliphatic carbocycles. The monoisotopic (exact) mass is 224 g/mol. The summed E-state index contributed by atoms with van der Waals surface area (Å²) in [6, 6.07) is 3.55. The van der Waals surface area contributed by atoms with Crippen molar-refractivity contribution < 1.29 is 9.72 Å². The van der Waals surface area contributed by atoms with Crippen LogP contribution in [0.2, 0.25) is 0 Å². The number of anilines is 2. The zero-order chi connectivity index (χ0) is 12.3. The van der Waals surface area contributed by atoms with E-state index in [1.807, 2.05) is 0 Å². The van der Waals surface area contributed by atoms with E-state index in [-0.39, 0.29) is 11.4 Å². The minimum absolute atomic E-state index is 0.0340. The fourth-order valence-electron chi connectivity index (χ4n) is 1.13. The number of nitro benzene ring substituents is 1. The van der Waals surface area contributed by atoms with Gasteiger partial charge in [-0.05, 0) is 19.1 Å². The Labute approximate surface area is 91.6 Å². The minimum Gasteiger partial charge on any atom is -0.393 e. The molecule has 1 rings (SSSR count). The molecule has 1 aromatic carbocycles. The predicted octanol–water partition coefficient (Wildman–Crippen LogP) is 0.463. The minimum atomic E-state index is -0.573. The quantitative estimate of drug-likeness (QED) is 0.389. The Bertz CT molecular complexity index is 433. The van der Waals surface area contributed by atoms with Crippen molar-refractivity contribution in [3.05, 3.63) is 28.3 Å². The van der Waals surface area contributed by atoms with Gasteiger partial charge in [-0.15, -0.1) is 0 Å². The Morgan fingerprint density at radius 3 is 2.62 bits per heavy atom. The Morgan fingerprint density at radius 2 is 2.19 bits per heavy atom. The highest BCUT2D eigenvalue weighted by Gasteiger charge is 2.13. The molecule has 1 atom stereocenters. The molecule has 0 bridgehead atoms. The molecule has 0 aliphatic heterocycles. The van der Waals surface area contributed by atoms with E-state index >= 15 is 0 Å². The number of benzene rings is 1. The third-order valence-corrected chi connectivity index (χ3v) is 2.03. The van der Waals surface area contributed by atoms with Crippen LogP contribution >= 0.6 is 0 Å². The Morgan fingerprint density at radius 1 is 1.56 bits per heavy atom. The third-order valence-electron chi connectivity index (χ3n) is 2.03. The number of nitrogens with one attached hydrogen (secondary N) is 1. The zero-order valence-electron chi connectivity index (χ0n) is 8.64. The van der Waals surface area contributed by atoms with Gasteiger partial charge in [0.25, 0.3) is 5.69 Å². The summed E-state index contributed by atoms with van der Waals surface area (Å²) in [5.41, 5.74) is 10.9. The first-order valence-corrected chi connectivity index (χ1v) is 4.51. The van der Waals surface area contributed by atoms with Crippen LogP contribution in [0.1, 0.15) is 6.92 Å². The highest BCUT2D eigenvalue weighted by Crippen LogP contribution is 2.24. The number of nitrogens with two attached hydrogens (primary N) is 2. The number of carbonyl (C=O) groups is 1. The summed E-state index contributed by atoms with van der Waals surface area (Å²) in [7, 11) is 0. The fraction of sp³-hybridized carbons (Fsp3) is 0.222. The fourth-order valence-corrected chi connectivity index (χ4v) is 1.13. The standard InChI is InChI=1S/C9H12N4O3/c1-5(9(11)14)12-6-2-3-8(13(15)16)7(10)4-6/h2-5,12H,10H2,1H3,(H2,11,14). The van der Waals surface area contributed by atoms with E-state index in [2.05, 4.69) is 5.32 Å². The highest BCUT2D eigenvalue weighted by molar-refractivity contribution is 5.82. The van der Waals surface area contributed by atoms with E-state index in [1.54, 1.807) is 6.92 Å². The molecule has 1 amide bonds. The molecular formula is C9H12N4O3. The maximum atomic E-state index is 10.8. The van der Waals surface area contributed by atoms with Crippen molar-refractivity contribution in [1.82, 2.24) is 0 Å². The van der Waals surface area contributed by atoms with E-state index in [9.17, 15) is 14.9 Å².